The summed E-state index contributed by atoms with van der Waals surface area (Å²) in [6, 6.07) is 10.4. The fourth-order valence-corrected chi connectivity index (χ4v) is 5.19. The van der Waals surface area contributed by atoms with Gasteiger partial charge in [0.15, 0.2) is 0 Å². The zero-order valence-corrected chi connectivity index (χ0v) is 11.8. The van der Waals surface area contributed by atoms with Crippen molar-refractivity contribution in [2.24, 2.45) is 0 Å². The molecule has 0 radical (unpaired) electrons. The molecule has 0 saturated heterocycles. The SMILES string of the molecule is CCNS1(CC(C)O)C=CC(c2ccccc2)=C1. The third-order valence-electron chi connectivity index (χ3n) is 2.86. The van der Waals surface area contributed by atoms with Crippen LogP contribution in [-0.2, 0) is 0 Å². The summed E-state index contributed by atoms with van der Waals surface area (Å²) in [7, 11) is -1.15. The van der Waals surface area contributed by atoms with Crippen molar-refractivity contribution in [2.45, 2.75) is 20.0 Å². The van der Waals surface area contributed by atoms with Crippen molar-refractivity contribution in [3.8, 4) is 0 Å². The van der Waals surface area contributed by atoms with Gasteiger partial charge < -0.3 is 5.11 Å². The molecule has 18 heavy (non-hydrogen) atoms. The van der Waals surface area contributed by atoms with E-state index in [9.17, 15) is 5.11 Å². The van der Waals surface area contributed by atoms with Crippen LogP contribution in [0.25, 0.3) is 5.57 Å². The second-order valence-electron chi connectivity index (χ2n) is 4.61. The van der Waals surface area contributed by atoms with E-state index in [1.165, 1.54) is 11.1 Å². The second kappa shape index (κ2) is 5.74. The lowest BCUT2D eigenvalue weighted by Gasteiger charge is -2.33. The molecule has 1 aliphatic heterocycles. The molecule has 1 aromatic rings. The van der Waals surface area contributed by atoms with E-state index in [1.54, 1.807) is 0 Å². The second-order valence-corrected chi connectivity index (χ2v) is 7.43. The molecule has 2 N–H and O–H groups in total. The van der Waals surface area contributed by atoms with Gasteiger partial charge in [0.25, 0.3) is 0 Å². The molecule has 98 valence electrons. The Labute approximate surface area is 111 Å². The fraction of sp³-hybridized carbons (Fsp3) is 0.333. The highest BCUT2D eigenvalue weighted by Gasteiger charge is 2.24. The van der Waals surface area contributed by atoms with Crippen molar-refractivity contribution in [1.29, 1.82) is 0 Å². The number of nitrogens with one attached hydrogen (secondary N) is 1. The first-order valence-electron chi connectivity index (χ1n) is 6.34. The summed E-state index contributed by atoms with van der Waals surface area (Å²) in [4.78, 5) is 0. The van der Waals surface area contributed by atoms with Gasteiger partial charge in [-0.05, 0) is 35.0 Å². The van der Waals surface area contributed by atoms with Crippen LogP contribution in [-0.4, -0.2) is 23.5 Å². The Balaban J connectivity index is 2.26. The summed E-state index contributed by atoms with van der Waals surface area (Å²) in [5, 5.41) is 14.2. The Bertz CT molecular complexity index is 453. The van der Waals surface area contributed by atoms with E-state index in [0.717, 1.165) is 12.3 Å². The van der Waals surface area contributed by atoms with Gasteiger partial charge in [0.05, 0.1) is 6.10 Å². The van der Waals surface area contributed by atoms with Gasteiger partial charge in [-0.25, -0.2) is 0 Å². The van der Waals surface area contributed by atoms with E-state index in [1.807, 2.05) is 13.0 Å². The van der Waals surface area contributed by atoms with Crippen LogP contribution in [0.1, 0.15) is 19.4 Å². The van der Waals surface area contributed by atoms with Crippen LogP contribution in [0, 0.1) is 0 Å². The molecule has 1 heterocycles. The van der Waals surface area contributed by atoms with Crippen LogP contribution in [0.4, 0.5) is 0 Å². The standard InChI is InChI=1S/C15H21NOS/c1-3-16-18(11-13(2)17)10-9-15(12-18)14-7-5-4-6-8-14/h4-10,12-13,16-17H,3,11H2,1-2H3. The Hall–Kier alpha value is -1.03. The Morgan fingerprint density at radius 2 is 2.00 bits per heavy atom. The van der Waals surface area contributed by atoms with E-state index in [4.69, 9.17) is 0 Å². The van der Waals surface area contributed by atoms with Crippen LogP contribution in [0.5, 0.6) is 0 Å². The predicted molar refractivity (Wildman–Crippen MR) is 81.4 cm³/mol. The van der Waals surface area contributed by atoms with Gasteiger partial charge in [-0.2, -0.15) is 0 Å². The molecule has 0 aliphatic carbocycles. The number of aliphatic hydroxyl groups excluding tert-OH is 1. The van der Waals surface area contributed by atoms with Crippen LogP contribution in [0.3, 0.4) is 0 Å². The van der Waals surface area contributed by atoms with Gasteiger partial charge in [-0.15, -0.1) is 10.2 Å². The van der Waals surface area contributed by atoms with E-state index in [-0.39, 0.29) is 6.10 Å². The van der Waals surface area contributed by atoms with Crippen LogP contribution < -0.4 is 4.72 Å². The summed E-state index contributed by atoms with van der Waals surface area (Å²) >= 11 is 0. The highest BCUT2D eigenvalue weighted by molar-refractivity contribution is 8.37. The fourth-order valence-electron chi connectivity index (χ4n) is 2.21. The van der Waals surface area contributed by atoms with Crippen molar-refractivity contribution >= 4 is 15.8 Å². The molecular weight excluding hydrogens is 242 g/mol. The monoisotopic (exact) mass is 263 g/mol. The molecule has 0 bridgehead atoms. The molecule has 0 fully saturated rings. The van der Waals surface area contributed by atoms with Crippen LogP contribution in [0.2, 0.25) is 0 Å². The van der Waals surface area contributed by atoms with Gasteiger partial charge in [0.2, 0.25) is 0 Å². The first-order valence-corrected chi connectivity index (χ1v) is 8.27. The van der Waals surface area contributed by atoms with Gasteiger partial charge in [0.1, 0.15) is 0 Å². The molecule has 2 atom stereocenters. The lowest BCUT2D eigenvalue weighted by Crippen LogP contribution is -2.24. The molecule has 2 nitrogen and oxygen atoms in total. The van der Waals surface area contributed by atoms with Gasteiger partial charge >= 0.3 is 0 Å². The summed E-state index contributed by atoms with van der Waals surface area (Å²) < 4.78 is 3.55. The number of aliphatic hydroxyl groups is 1. The molecule has 1 aromatic carbocycles. The van der Waals surface area contributed by atoms with Crippen molar-refractivity contribution in [3.05, 3.63) is 52.8 Å². The summed E-state index contributed by atoms with van der Waals surface area (Å²) in [5.74, 6) is 0.785. The lowest BCUT2D eigenvalue weighted by atomic mass is 10.1. The third kappa shape index (κ3) is 3.05. The molecule has 3 heteroatoms. The Morgan fingerprint density at radius 3 is 2.61 bits per heavy atom. The van der Waals surface area contributed by atoms with E-state index in [2.05, 4.69) is 52.8 Å². The van der Waals surface area contributed by atoms with Gasteiger partial charge in [-0.3, -0.25) is 4.72 Å². The average Bonchev–Trinajstić information content (AvgIpc) is 2.74. The average molecular weight is 263 g/mol. The molecule has 0 spiro atoms. The number of allylic oxidation sites excluding steroid dienone is 2. The number of hydrogen-bond donors (Lipinski definition) is 2. The largest absolute Gasteiger partial charge is 0.393 e. The molecular formula is C15H21NOS. The first kappa shape index (κ1) is 13.4. The summed E-state index contributed by atoms with van der Waals surface area (Å²) in [6.07, 6.45) is 1.89. The summed E-state index contributed by atoms with van der Waals surface area (Å²) in [6.45, 7) is 4.89. The minimum Gasteiger partial charge on any atom is -0.393 e. The maximum atomic E-state index is 9.68. The molecule has 2 rings (SSSR count). The van der Waals surface area contributed by atoms with Crippen molar-refractivity contribution < 1.29 is 5.11 Å². The molecule has 0 saturated carbocycles. The summed E-state index contributed by atoms with van der Waals surface area (Å²) in [5.41, 5.74) is 2.50. The van der Waals surface area contributed by atoms with Gasteiger partial charge in [0, 0.05) is 12.3 Å². The third-order valence-corrected chi connectivity index (χ3v) is 6.02. The molecule has 0 amide bonds. The van der Waals surface area contributed by atoms with Crippen molar-refractivity contribution in [2.75, 3.05) is 12.3 Å². The molecule has 1 aliphatic rings. The first-order chi connectivity index (χ1) is 8.65. The van der Waals surface area contributed by atoms with E-state index < -0.39 is 10.2 Å². The predicted octanol–water partition coefficient (Wildman–Crippen LogP) is 3.26. The molecule has 2 unspecified atom stereocenters. The van der Waals surface area contributed by atoms with E-state index >= 15 is 0 Å². The minimum atomic E-state index is -1.15. The topological polar surface area (TPSA) is 32.3 Å². The zero-order chi connectivity index (χ0) is 13.0. The highest BCUT2D eigenvalue weighted by atomic mass is 32.3. The van der Waals surface area contributed by atoms with Crippen LogP contribution in [0.15, 0.2) is 47.2 Å². The van der Waals surface area contributed by atoms with Gasteiger partial charge in [-0.1, -0.05) is 37.3 Å². The molecule has 0 aromatic heterocycles. The van der Waals surface area contributed by atoms with Crippen LogP contribution >= 0.6 is 10.2 Å². The maximum Gasteiger partial charge on any atom is 0.0605 e. The maximum absolute atomic E-state index is 9.68. The minimum absolute atomic E-state index is 0.282. The van der Waals surface area contributed by atoms with Crippen molar-refractivity contribution in [1.82, 2.24) is 4.72 Å². The number of benzene rings is 1. The highest BCUT2D eigenvalue weighted by Crippen LogP contribution is 2.53. The van der Waals surface area contributed by atoms with Crippen molar-refractivity contribution in [3.63, 3.8) is 0 Å². The Morgan fingerprint density at radius 1 is 1.28 bits per heavy atom. The lowest BCUT2D eigenvalue weighted by molar-refractivity contribution is 0.219. The van der Waals surface area contributed by atoms with E-state index in [0.29, 0.717) is 0 Å². The normalized spacial score (nSPS) is 27.6. The smallest absolute Gasteiger partial charge is 0.0605 e. The number of rotatable bonds is 5. The number of hydrogen-bond acceptors (Lipinski definition) is 2. The zero-order valence-electron chi connectivity index (χ0n) is 11.0. The Kier molecular flexibility index (Phi) is 4.27. The quantitative estimate of drug-likeness (QED) is 0.854.